The van der Waals surface area contributed by atoms with Crippen LogP contribution in [0.3, 0.4) is 0 Å². The van der Waals surface area contributed by atoms with Crippen molar-refractivity contribution in [2.45, 2.75) is 51.0 Å². The number of aromatic nitrogens is 2. The van der Waals surface area contributed by atoms with Gasteiger partial charge in [-0.2, -0.15) is 0 Å². The minimum atomic E-state index is 0.170. The fourth-order valence-electron chi connectivity index (χ4n) is 3.53. The lowest BCUT2D eigenvalue weighted by atomic mass is 9.94. The van der Waals surface area contributed by atoms with Crippen molar-refractivity contribution < 1.29 is 9.53 Å². The molecule has 1 aromatic carbocycles. The van der Waals surface area contributed by atoms with Crippen molar-refractivity contribution in [1.82, 2.24) is 9.55 Å². The van der Waals surface area contributed by atoms with Crippen LogP contribution in [-0.4, -0.2) is 22.9 Å². The van der Waals surface area contributed by atoms with E-state index in [9.17, 15) is 4.79 Å². The number of methoxy groups -OCH3 is 1. The van der Waals surface area contributed by atoms with Gasteiger partial charge in [-0.05, 0) is 37.1 Å². The van der Waals surface area contributed by atoms with Crippen molar-refractivity contribution in [2.24, 2.45) is 0 Å². The van der Waals surface area contributed by atoms with E-state index in [0.29, 0.717) is 11.6 Å². The van der Waals surface area contributed by atoms with E-state index in [1.165, 1.54) is 32.1 Å². The lowest BCUT2D eigenvalue weighted by Gasteiger charge is -2.26. The second-order valence-corrected chi connectivity index (χ2v) is 6.35. The largest absolute Gasteiger partial charge is 0.505 e. The molecular weight excluding hydrogens is 288 g/mol. The molecule has 0 N–H and O–H groups in total. The molecule has 1 heterocycles. The van der Waals surface area contributed by atoms with Crippen molar-refractivity contribution in [3.05, 3.63) is 41.9 Å². The Morgan fingerprint density at radius 3 is 2.78 bits per heavy atom. The summed E-state index contributed by atoms with van der Waals surface area (Å²) in [6, 6.07) is 6.31. The number of hydrogen-bond donors (Lipinski definition) is 0. The lowest BCUT2D eigenvalue weighted by Crippen LogP contribution is -2.16. The van der Waals surface area contributed by atoms with Gasteiger partial charge in [0.1, 0.15) is 12.1 Å². The number of benzene rings is 1. The number of carbonyl (C=O) groups excluding carboxylic acids is 1. The lowest BCUT2D eigenvalue weighted by molar-refractivity contribution is 0.112. The van der Waals surface area contributed by atoms with Crippen molar-refractivity contribution in [3.63, 3.8) is 0 Å². The van der Waals surface area contributed by atoms with Gasteiger partial charge in [-0.15, -0.1) is 0 Å². The third-order valence-corrected chi connectivity index (χ3v) is 4.73. The maximum Gasteiger partial charge on any atom is 0.150 e. The van der Waals surface area contributed by atoms with Gasteiger partial charge < -0.3 is 9.30 Å². The van der Waals surface area contributed by atoms with E-state index in [-0.39, 0.29) is 5.92 Å². The number of allylic oxidation sites excluding steroid dienone is 1. The van der Waals surface area contributed by atoms with Crippen molar-refractivity contribution in [1.29, 1.82) is 0 Å². The summed E-state index contributed by atoms with van der Waals surface area (Å²) in [6.45, 7) is 2.14. The Hall–Kier alpha value is -2.10. The first-order valence-corrected chi connectivity index (χ1v) is 8.41. The van der Waals surface area contributed by atoms with Gasteiger partial charge in [0, 0.05) is 17.5 Å². The van der Waals surface area contributed by atoms with Crippen molar-refractivity contribution in [3.8, 4) is 0 Å². The number of ether oxygens (including phenoxy) is 1. The van der Waals surface area contributed by atoms with Gasteiger partial charge in [0.15, 0.2) is 0 Å². The Kier molecular flexibility index (Phi) is 4.79. The molecule has 1 aromatic heterocycles. The van der Waals surface area contributed by atoms with Gasteiger partial charge >= 0.3 is 0 Å². The third kappa shape index (κ3) is 3.16. The standard InChI is InChI=1S/C19H24N2O2/c1-14(10-11-23-2)19-20-17-12-15(13-22)8-9-18(17)21(19)16-6-4-3-5-7-16/h8-14,16H,3-7H2,1-2H3/b11-10-. The number of nitrogens with zero attached hydrogens (tertiary/aromatic N) is 2. The van der Waals surface area contributed by atoms with Gasteiger partial charge in [-0.25, -0.2) is 4.98 Å². The molecule has 0 saturated heterocycles. The van der Waals surface area contributed by atoms with E-state index in [1.54, 1.807) is 13.4 Å². The van der Waals surface area contributed by atoms with Gasteiger partial charge in [0.05, 0.1) is 24.4 Å². The first kappa shape index (κ1) is 15.8. The maximum absolute atomic E-state index is 11.1. The van der Waals surface area contributed by atoms with Crippen LogP contribution in [0, 0.1) is 0 Å². The van der Waals surface area contributed by atoms with E-state index in [2.05, 4.69) is 11.5 Å². The molecule has 1 fully saturated rings. The van der Waals surface area contributed by atoms with Crippen LogP contribution in [0.5, 0.6) is 0 Å². The summed E-state index contributed by atoms with van der Waals surface area (Å²) in [6.07, 6.45) is 10.9. The number of hydrogen-bond acceptors (Lipinski definition) is 3. The highest BCUT2D eigenvalue weighted by Crippen LogP contribution is 2.35. The molecule has 1 aliphatic carbocycles. The first-order valence-electron chi connectivity index (χ1n) is 8.41. The van der Waals surface area contributed by atoms with Crippen LogP contribution in [0.15, 0.2) is 30.5 Å². The fraction of sp³-hybridized carbons (Fsp3) is 0.474. The van der Waals surface area contributed by atoms with Crippen LogP contribution in [0.25, 0.3) is 11.0 Å². The summed E-state index contributed by atoms with van der Waals surface area (Å²) >= 11 is 0. The molecule has 4 nitrogen and oxygen atoms in total. The SMILES string of the molecule is CO/C=C\C(C)c1nc2cc(C=O)ccc2n1C1CCCCC1. The molecule has 3 rings (SSSR count). The highest BCUT2D eigenvalue weighted by atomic mass is 16.5. The summed E-state index contributed by atoms with van der Waals surface area (Å²) in [4.78, 5) is 15.9. The zero-order valence-corrected chi connectivity index (χ0v) is 13.9. The highest BCUT2D eigenvalue weighted by Gasteiger charge is 2.23. The summed E-state index contributed by atoms with van der Waals surface area (Å²) in [5, 5.41) is 0. The minimum absolute atomic E-state index is 0.170. The molecule has 1 unspecified atom stereocenters. The molecule has 1 aliphatic rings. The number of fused-ring (bicyclic) bond motifs is 1. The molecule has 0 aliphatic heterocycles. The number of rotatable bonds is 5. The molecule has 2 aromatic rings. The molecule has 4 heteroatoms. The fourth-order valence-corrected chi connectivity index (χ4v) is 3.53. The maximum atomic E-state index is 11.1. The predicted octanol–water partition coefficient (Wildman–Crippen LogP) is 4.62. The zero-order valence-electron chi connectivity index (χ0n) is 13.9. The molecule has 23 heavy (non-hydrogen) atoms. The molecule has 0 bridgehead atoms. The smallest absolute Gasteiger partial charge is 0.150 e. The zero-order chi connectivity index (χ0) is 16.2. The summed E-state index contributed by atoms with van der Waals surface area (Å²) in [5.74, 6) is 1.23. The van der Waals surface area contributed by atoms with Gasteiger partial charge in [0.2, 0.25) is 0 Å². The molecular formula is C19H24N2O2. The van der Waals surface area contributed by atoms with Crippen molar-refractivity contribution >= 4 is 17.3 Å². The molecule has 1 atom stereocenters. The summed E-state index contributed by atoms with van der Waals surface area (Å²) < 4.78 is 7.46. The van der Waals surface area contributed by atoms with Gasteiger partial charge in [0.25, 0.3) is 0 Å². The van der Waals surface area contributed by atoms with Crippen LogP contribution in [0.1, 0.15) is 67.2 Å². The number of aldehydes is 1. The van der Waals surface area contributed by atoms with Gasteiger partial charge in [-0.1, -0.05) is 26.2 Å². The topological polar surface area (TPSA) is 44.1 Å². The quantitative estimate of drug-likeness (QED) is 0.598. The first-order chi connectivity index (χ1) is 11.2. The van der Waals surface area contributed by atoms with Crippen LogP contribution in [-0.2, 0) is 4.74 Å². The van der Waals surface area contributed by atoms with E-state index >= 15 is 0 Å². The van der Waals surface area contributed by atoms with Crippen LogP contribution in [0.2, 0.25) is 0 Å². The van der Waals surface area contributed by atoms with Crippen molar-refractivity contribution in [2.75, 3.05) is 7.11 Å². The Bertz CT molecular complexity index is 711. The van der Waals surface area contributed by atoms with Crippen LogP contribution in [0.4, 0.5) is 0 Å². The Morgan fingerprint density at radius 2 is 2.09 bits per heavy atom. The molecule has 122 valence electrons. The summed E-state index contributed by atoms with van der Waals surface area (Å²) in [7, 11) is 1.66. The molecule has 0 spiro atoms. The predicted molar refractivity (Wildman–Crippen MR) is 91.8 cm³/mol. The van der Waals surface area contributed by atoms with E-state index < -0.39 is 0 Å². The van der Waals surface area contributed by atoms with Crippen LogP contribution >= 0.6 is 0 Å². The average Bonchev–Trinajstić information content (AvgIpc) is 2.98. The van der Waals surface area contributed by atoms with E-state index in [1.807, 2.05) is 24.3 Å². The Morgan fingerprint density at radius 1 is 1.30 bits per heavy atom. The van der Waals surface area contributed by atoms with E-state index in [4.69, 9.17) is 9.72 Å². The van der Waals surface area contributed by atoms with Gasteiger partial charge in [-0.3, -0.25) is 4.79 Å². The second-order valence-electron chi connectivity index (χ2n) is 6.35. The minimum Gasteiger partial charge on any atom is -0.505 e. The van der Waals surface area contributed by atoms with Crippen LogP contribution < -0.4 is 0 Å². The molecule has 0 radical (unpaired) electrons. The number of imidazole rings is 1. The molecule has 1 saturated carbocycles. The highest BCUT2D eigenvalue weighted by molar-refractivity contribution is 5.85. The normalized spacial score (nSPS) is 17.7. The molecule has 0 amide bonds. The average molecular weight is 312 g/mol. The summed E-state index contributed by atoms with van der Waals surface area (Å²) in [5.41, 5.74) is 2.72. The number of carbonyl (C=O) groups is 1. The Labute approximate surface area is 137 Å². The third-order valence-electron chi connectivity index (χ3n) is 4.73. The monoisotopic (exact) mass is 312 g/mol. The second kappa shape index (κ2) is 6.99. The Balaban J connectivity index is 2.11. The van der Waals surface area contributed by atoms with E-state index in [0.717, 1.165) is 23.1 Å².